The molecule has 0 saturated heterocycles. The maximum Gasteiger partial charge on any atom is 0.140 e. The molecule has 0 radical (unpaired) electrons. The number of pyridine rings is 1. The molecule has 2 aromatic heterocycles. The first-order valence-electron chi connectivity index (χ1n) is 10.1. The van der Waals surface area contributed by atoms with Gasteiger partial charge in [-0.3, -0.25) is 0 Å². The second-order valence-electron chi connectivity index (χ2n) is 8.68. The lowest BCUT2D eigenvalue weighted by Gasteiger charge is -2.21. The summed E-state index contributed by atoms with van der Waals surface area (Å²) in [5.74, 6) is 0. The van der Waals surface area contributed by atoms with E-state index >= 15 is 0 Å². The first-order chi connectivity index (χ1) is 12.8. The van der Waals surface area contributed by atoms with E-state index < -0.39 is 0 Å². The Hall–Kier alpha value is -2.29. The summed E-state index contributed by atoms with van der Waals surface area (Å²) in [6.45, 7) is 12.2. The van der Waals surface area contributed by atoms with Gasteiger partial charge in [0.15, 0.2) is 0 Å². The fraction of sp³-hybridized carbons (Fsp3) is 0.458. The lowest BCUT2D eigenvalue weighted by atomic mass is 9.84. The van der Waals surface area contributed by atoms with Crippen LogP contribution in [0, 0.1) is 0 Å². The van der Waals surface area contributed by atoms with Gasteiger partial charge in [0.25, 0.3) is 0 Å². The van der Waals surface area contributed by atoms with E-state index in [0.29, 0.717) is 0 Å². The number of aromatic nitrogens is 2. The molecule has 3 nitrogen and oxygen atoms in total. The Balaban J connectivity index is 0.000000660. The van der Waals surface area contributed by atoms with Crippen molar-refractivity contribution in [1.29, 1.82) is 0 Å². The van der Waals surface area contributed by atoms with Crippen LogP contribution in [-0.2, 0) is 18.9 Å². The summed E-state index contributed by atoms with van der Waals surface area (Å²) in [5.41, 5.74) is 7.90. The maximum absolute atomic E-state index is 4.64. The Kier molecular flexibility index (Phi) is 5.32. The number of anilines is 1. The van der Waals surface area contributed by atoms with Crippen LogP contribution in [0.1, 0.15) is 53.6 Å². The molecule has 3 heterocycles. The molecule has 3 heteroatoms. The summed E-state index contributed by atoms with van der Waals surface area (Å²) in [6, 6.07) is 9.08. The van der Waals surface area contributed by atoms with Gasteiger partial charge in [-0.15, -0.1) is 0 Å². The van der Waals surface area contributed by atoms with Crippen LogP contribution in [0.3, 0.4) is 0 Å². The zero-order chi connectivity index (χ0) is 19.8. The van der Waals surface area contributed by atoms with Gasteiger partial charge in [-0.25, -0.2) is 4.98 Å². The van der Waals surface area contributed by atoms with E-state index in [4.69, 9.17) is 0 Å². The number of likely N-dealkylation sites (N-methyl/N-ethyl adjacent to an activating group) is 1. The van der Waals surface area contributed by atoms with Crippen LogP contribution in [0.2, 0.25) is 0 Å². The molecule has 3 aromatic rings. The van der Waals surface area contributed by atoms with Gasteiger partial charge < -0.3 is 9.47 Å². The van der Waals surface area contributed by atoms with E-state index in [1.807, 2.05) is 6.20 Å². The van der Waals surface area contributed by atoms with Gasteiger partial charge in [0.2, 0.25) is 0 Å². The molecule has 0 aliphatic carbocycles. The SMILES string of the molecule is CCC.CN1CCc2ccc(-c3cn(C)c4nccc(C(C)(C)C)c34)cc21.[HH]. The highest BCUT2D eigenvalue weighted by molar-refractivity contribution is 5.97. The Labute approximate surface area is 165 Å². The molecule has 0 spiro atoms. The molecular weight excluding hydrogens is 330 g/mol. The van der Waals surface area contributed by atoms with Crippen molar-refractivity contribution in [1.82, 2.24) is 9.55 Å². The van der Waals surface area contributed by atoms with Gasteiger partial charge >= 0.3 is 0 Å². The standard InChI is InChI=1S/C21H25N3.C3H8.H2/c1-21(2,3)17-8-10-22-20-19(17)16(13-24(20)5)15-7-6-14-9-11-23(4)18(14)12-15;1-3-2;/h6-8,10,12-13H,9,11H2,1-5H3;3H2,1-2H3;1H. The molecule has 1 aromatic carbocycles. The van der Waals surface area contributed by atoms with Gasteiger partial charge in [0.1, 0.15) is 5.65 Å². The van der Waals surface area contributed by atoms with Crippen LogP contribution in [0.5, 0.6) is 0 Å². The third-order valence-corrected chi connectivity index (χ3v) is 5.19. The van der Waals surface area contributed by atoms with Gasteiger partial charge in [-0.2, -0.15) is 0 Å². The highest BCUT2D eigenvalue weighted by Gasteiger charge is 2.23. The van der Waals surface area contributed by atoms with E-state index in [2.05, 4.69) is 93.6 Å². The number of nitrogens with zero attached hydrogens (tertiary/aromatic N) is 3. The monoisotopic (exact) mass is 365 g/mol. The molecule has 0 unspecified atom stereocenters. The summed E-state index contributed by atoms with van der Waals surface area (Å²) in [5, 5.41) is 1.29. The second-order valence-corrected chi connectivity index (χ2v) is 8.68. The van der Waals surface area contributed by atoms with Crippen LogP contribution in [0.25, 0.3) is 22.2 Å². The predicted molar refractivity (Wildman–Crippen MR) is 120 cm³/mol. The average molecular weight is 366 g/mol. The maximum atomic E-state index is 4.64. The summed E-state index contributed by atoms with van der Waals surface area (Å²) in [7, 11) is 4.27. The highest BCUT2D eigenvalue weighted by atomic mass is 15.1. The summed E-state index contributed by atoms with van der Waals surface area (Å²) in [6.07, 6.45) is 6.56. The number of rotatable bonds is 1. The number of hydrogen-bond acceptors (Lipinski definition) is 2. The molecule has 0 atom stereocenters. The van der Waals surface area contributed by atoms with Crippen molar-refractivity contribution in [3.63, 3.8) is 0 Å². The zero-order valence-corrected chi connectivity index (χ0v) is 17.9. The largest absolute Gasteiger partial charge is 0.374 e. The molecule has 146 valence electrons. The van der Waals surface area contributed by atoms with Crippen LogP contribution >= 0.6 is 0 Å². The van der Waals surface area contributed by atoms with Crippen LogP contribution in [0.4, 0.5) is 5.69 Å². The van der Waals surface area contributed by atoms with Gasteiger partial charge in [0, 0.05) is 51.1 Å². The molecule has 1 aliphatic rings. The number of fused-ring (bicyclic) bond motifs is 2. The molecule has 0 bridgehead atoms. The smallest absolute Gasteiger partial charge is 0.140 e. The second kappa shape index (κ2) is 7.38. The van der Waals surface area contributed by atoms with Crippen molar-refractivity contribution in [2.45, 2.75) is 52.9 Å². The van der Waals surface area contributed by atoms with Gasteiger partial charge in [-0.1, -0.05) is 53.2 Å². The Morgan fingerprint density at radius 3 is 2.48 bits per heavy atom. The number of aryl methyl sites for hydroxylation is 1. The summed E-state index contributed by atoms with van der Waals surface area (Å²) < 4.78 is 2.15. The molecule has 4 rings (SSSR count). The van der Waals surface area contributed by atoms with Crippen molar-refractivity contribution in [2.75, 3.05) is 18.5 Å². The minimum Gasteiger partial charge on any atom is -0.374 e. The van der Waals surface area contributed by atoms with E-state index in [0.717, 1.165) is 18.6 Å². The van der Waals surface area contributed by atoms with Crippen molar-refractivity contribution in [3.8, 4) is 11.1 Å². The van der Waals surface area contributed by atoms with Crippen molar-refractivity contribution < 1.29 is 1.43 Å². The molecule has 27 heavy (non-hydrogen) atoms. The van der Waals surface area contributed by atoms with Crippen molar-refractivity contribution >= 4 is 16.7 Å². The summed E-state index contributed by atoms with van der Waals surface area (Å²) >= 11 is 0. The molecule has 0 amide bonds. The Morgan fingerprint density at radius 2 is 1.81 bits per heavy atom. The minimum absolute atomic E-state index is 0. The quantitative estimate of drug-likeness (QED) is 0.512. The van der Waals surface area contributed by atoms with Crippen molar-refractivity contribution in [2.24, 2.45) is 7.05 Å². The lowest BCUT2D eigenvalue weighted by Crippen LogP contribution is -2.12. The van der Waals surface area contributed by atoms with Crippen molar-refractivity contribution in [3.05, 3.63) is 47.8 Å². The third-order valence-electron chi connectivity index (χ3n) is 5.19. The topological polar surface area (TPSA) is 21.1 Å². The zero-order valence-electron chi connectivity index (χ0n) is 17.9. The minimum atomic E-state index is 0. The predicted octanol–water partition coefficient (Wildman–Crippen LogP) is 6.19. The Bertz CT molecular complexity index is 950. The summed E-state index contributed by atoms with van der Waals surface area (Å²) in [4.78, 5) is 7.00. The first kappa shape index (κ1) is 19.5. The molecule has 0 saturated carbocycles. The lowest BCUT2D eigenvalue weighted by molar-refractivity contribution is 0.595. The third kappa shape index (κ3) is 3.60. The van der Waals surface area contributed by atoms with Gasteiger partial charge in [0.05, 0.1) is 0 Å². The van der Waals surface area contributed by atoms with Crippen LogP contribution < -0.4 is 4.90 Å². The highest BCUT2D eigenvalue weighted by Crippen LogP contribution is 2.39. The van der Waals surface area contributed by atoms with E-state index in [1.54, 1.807) is 0 Å². The van der Waals surface area contributed by atoms with Crippen LogP contribution in [0.15, 0.2) is 36.7 Å². The fourth-order valence-corrected chi connectivity index (χ4v) is 3.85. The molecular formula is C24H35N3. The normalized spacial score (nSPS) is 13.5. The van der Waals surface area contributed by atoms with Gasteiger partial charge in [-0.05, 0) is 40.7 Å². The first-order valence-corrected chi connectivity index (χ1v) is 10.1. The molecule has 0 fully saturated rings. The Morgan fingerprint density at radius 1 is 1.11 bits per heavy atom. The number of hydrogen-bond donors (Lipinski definition) is 0. The van der Waals surface area contributed by atoms with E-state index in [-0.39, 0.29) is 6.84 Å². The van der Waals surface area contributed by atoms with Crippen LogP contribution in [-0.4, -0.2) is 23.1 Å². The average Bonchev–Trinajstić information content (AvgIpc) is 3.15. The number of benzene rings is 1. The van der Waals surface area contributed by atoms with E-state index in [1.165, 1.54) is 39.7 Å². The molecule has 0 N–H and O–H groups in total. The molecule has 1 aliphatic heterocycles. The fourth-order valence-electron chi connectivity index (χ4n) is 3.85. The van der Waals surface area contributed by atoms with E-state index in [9.17, 15) is 0 Å².